The van der Waals surface area contributed by atoms with Gasteiger partial charge in [0.05, 0.1) is 3.57 Å². The molecule has 0 radical (unpaired) electrons. The van der Waals surface area contributed by atoms with Crippen LogP contribution in [0.1, 0.15) is 22.3 Å². The highest BCUT2D eigenvalue weighted by atomic mass is 127. The molecule has 0 heterocycles. The lowest BCUT2D eigenvalue weighted by molar-refractivity contribution is -0.112. The van der Waals surface area contributed by atoms with Gasteiger partial charge >= 0.3 is 0 Å². The molecule has 3 rings (SSSR count). The SMILES string of the molecule is Cc1ccc(NC(=O)/C(C#N)=C/c2ccc(OCc3ccccc3F)c(I)c2)c(C)c1. The molecule has 0 aliphatic carbocycles. The van der Waals surface area contributed by atoms with Crippen molar-refractivity contribution in [3.05, 3.63) is 97.9 Å². The van der Waals surface area contributed by atoms with Gasteiger partial charge in [0.15, 0.2) is 0 Å². The van der Waals surface area contributed by atoms with Crippen LogP contribution in [0.15, 0.2) is 66.2 Å². The number of nitriles is 1. The number of carbonyl (C=O) groups is 1. The molecule has 4 nitrogen and oxygen atoms in total. The van der Waals surface area contributed by atoms with Crippen molar-refractivity contribution < 1.29 is 13.9 Å². The molecule has 0 saturated carbocycles. The van der Waals surface area contributed by atoms with Gasteiger partial charge in [-0.05, 0) is 77.9 Å². The Kier molecular flexibility index (Phi) is 7.42. The summed E-state index contributed by atoms with van der Waals surface area (Å²) in [5, 5.41) is 12.3. The highest BCUT2D eigenvalue weighted by Crippen LogP contribution is 2.25. The van der Waals surface area contributed by atoms with Crippen molar-refractivity contribution in [3.63, 3.8) is 0 Å². The van der Waals surface area contributed by atoms with E-state index in [1.165, 1.54) is 12.1 Å². The molecule has 3 aromatic carbocycles. The Morgan fingerprint density at radius 1 is 1.16 bits per heavy atom. The molecule has 0 bridgehead atoms. The summed E-state index contributed by atoms with van der Waals surface area (Å²) in [5.74, 6) is -0.186. The standard InChI is InChI=1S/C25H20FIN2O2/c1-16-7-9-23(17(2)11-16)29-25(30)20(14-28)12-18-8-10-24(22(27)13-18)31-15-19-5-3-4-6-21(19)26/h3-13H,15H2,1-2H3,(H,29,30)/b20-12+. The first-order chi connectivity index (χ1) is 14.9. The number of ether oxygens (including phenoxy) is 1. The maximum Gasteiger partial charge on any atom is 0.266 e. The van der Waals surface area contributed by atoms with Crippen LogP contribution in [0.25, 0.3) is 6.08 Å². The highest BCUT2D eigenvalue weighted by molar-refractivity contribution is 14.1. The summed E-state index contributed by atoms with van der Waals surface area (Å²) in [7, 11) is 0. The van der Waals surface area contributed by atoms with Gasteiger partial charge in [0.2, 0.25) is 0 Å². The lowest BCUT2D eigenvalue weighted by Crippen LogP contribution is -2.14. The van der Waals surface area contributed by atoms with Gasteiger partial charge in [0.25, 0.3) is 5.91 Å². The van der Waals surface area contributed by atoms with E-state index in [1.54, 1.807) is 36.4 Å². The molecule has 0 unspecified atom stereocenters. The number of carbonyl (C=O) groups excluding carboxylic acids is 1. The van der Waals surface area contributed by atoms with Gasteiger partial charge in [0, 0.05) is 11.3 Å². The van der Waals surface area contributed by atoms with Crippen LogP contribution in [0.2, 0.25) is 0 Å². The van der Waals surface area contributed by atoms with Gasteiger partial charge in [-0.2, -0.15) is 5.26 Å². The molecule has 6 heteroatoms. The number of benzene rings is 3. The van der Waals surface area contributed by atoms with Crippen molar-refractivity contribution in [1.82, 2.24) is 0 Å². The fraction of sp³-hybridized carbons (Fsp3) is 0.120. The monoisotopic (exact) mass is 526 g/mol. The van der Waals surface area contributed by atoms with E-state index in [0.717, 1.165) is 14.7 Å². The van der Waals surface area contributed by atoms with Crippen LogP contribution in [0.3, 0.4) is 0 Å². The summed E-state index contributed by atoms with van der Waals surface area (Å²) in [6.07, 6.45) is 1.53. The van der Waals surface area contributed by atoms with E-state index in [9.17, 15) is 14.4 Å². The van der Waals surface area contributed by atoms with Crippen LogP contribution in [0, 0.1) is 34.6 Å². The van der Waals surface area contributed by atoms with Crippen molar-refractivity contribution in [1.29, 1.82) is 5.26 Å². The third-order valence-electron chi connectivity index (χ3n) is 4.60. The van der Waals surface area contributed by atoms with Crippen LogP contribution >= 0.6 is 22.6 Å². The Morgan fingerprint density at radius 3 is 2.61 bits per heavy atom. The zero-order valence-electron chi connectivity index (χ0n) is 17.1. The Hall–Kier alpha value is -3.18. The van der Waals surface area contributed by atoms with E-state index in [0.29, 0.717) is 22.6 Å². The van der Waals surface area contributed by atoms with Crippen LogP contribution in [0.4, 0.5) is 10.1 Å². The van der Waals surface area contributed by atoms with Crippen molar-refractivity contribution in [2.24, 2.45) is 0 Å². The summed E-state index contributed by atoms with van der Waals surface area (Å²) in [4.78, 5) is 12.6. The van der Waals surface area contributed by atoms with Crippen molar-refractivity contribution in [2.75, 3.05) is 5.32 Å². The molecule has 156 valence electrons. The number of halogens is 2. The zero-order chi connectivity index (χ0) is 22.4. The van der Waals surface area contributed by atoms with E-state index < -0.39 is 5.91 Å². The topological polar surface area (TPSA) is 62.1 Å². The Bertz CT molecular complexity index is 1200. The van der Waals surface area contributed by atoms with Crippen LogP contribution < -0.4 is 10.1 Å². The quantitative estimate of drug-likeness (QED) is 0.237. The molecule has 0 saturated heterocycles. The van der Waals surface area contributed by atoms with E-state index >= 15 is 0 Å². The van der Waals surface area contributed by atoms with Gasteiger partial charge in [-0.25, -0.2) is 4.39 Å². The van der Waals surface area contributed by atoms with Gasteiger partial charge in [-0.3, -0.25) is 4.79 Å². The summed E-state index contributed by atoms with van der Waals surface area (Å²) in [6.45, 7) is 3.99. The lowest BCUT2D eigenvalue weighted by Gasteiger charge is -2.10. The van der Waals surface area contributed by atoms with E-state index in [2.05, 4.69) is 27.9 Å². The van der Waals surface area contributed by atoms with Crippen molar-refractivity contribution in [3.8, 4) is 11.8 Å². The predicted molar refractivity (Wildman–Crippen MR) is 128 cm³/mol. The van der Waals surface area contributed by atoms with Gasteiger partial charge in [-0.1, -0.05) is 42.0 Å². The second-order valence-electron chi connectivity index (χ2n) is 7.01. The Labute approximate surface area is 194 Å². The number of hydrogen-bond donors (Lipinski definition) is 1. The first-order valence-corrected chi connectivity index (χ1v) is 10.6. The molecular weight excluding hydrogens is 506 g/mol. The number of nitrogens with zero attached hydrogens (tertiary/aromatic N) is 1. The largest absolute Gasteiger partial charge is 0.488 e. The maximum atomic E-state index is 13.8. The fourth-order valence-corrected chi connectivity index (χ4v) is 3.65. The highest BCUT2D eigenvalue weighted by Gasteiger charge is 2.12. The number of rotatable bonds is 6. The normalized spacial score (nSPS) is 11.0. The maximum absolute atomic E-state index is 13.8. The zero-order valence-corrected chi connectivity index (χ0v) is 19.2. The number of nitrogens with one attached hydrogen (secondary N) is 1. The van der Waals surface area contributed by atoms with Crippen LogP contribution in [-0.4, -0.2) is 5.91 Å². The van der Waals surface area contributed by atoms with Gasteiger partial charge < -0.3 is 10.1 Å². The molecule has 31 heavy (non-hydrogen) atoms. The molecule has 0 aromatic heterocycles. The molecule has 1 N–H and O–H groups in total. The molecule has 0 spiro atoms. The summed E-state index contributed by atoms with van der Waals surface area (Å²) in [5.41, 5.74) is 3.85. The molecule has 0 aliphatic heterocycles. The molecule has 1 amide bonds. The fourth-order valence-electron chi connectivity index (χ4n) is 2.95. The van der Waals surface area contributed by atoms with Crippen LogP contribution in [0.5, 0.6) is 5.75 Å². The number of aryl methyl sites for hydroxylation is 2. The second-order valence-corrected chi connectivity index (χ2v) is 8.17. The van der Waals surface area contributed by atoms with E-state index in [-0.39, 0.29) is 18.0 Å². The molecular formula is C25H20FIN2O2. The minimum absolute atomic E-state index is 0.00389. The average molecular weight is 526 g/mol. The summed E-state index contributed by atoms with van der Waals surface area (Å²) in [6, 6.07) is 19.4. The van der Waals surface area contributed by atoms with E-state index in [1.807, 2.05) is 38.1 Å². The first-order valence-electron chi connectivity index (χ1n) is 9.53. The smallest absolute Gasteiger partial charge is 0.266 e. The summed E-state index contributed by atoms with van der Waals surface area (Å²) < 4.78 is 20.3. The first kappa shape index (κ1) is 22.5. The Balaban J connectivity index is 1.73. The second kappa shape index (κ2) is 10.2. The number of hydrogen-bond acceptors (Lipinski definition) is 3. The minimum Gasteiger partial charge on any atom is -0.488 e. The molecule has 0 fully saturated rings. The van der Waals surface area contributed by atoms with Crippen LogP contribution in [-0.2, 0) is 11.4 Å². The minimum atomic E-state index is -0.468. The Morgan fingerprint density at radius 2 is 1.94 bits per heavy atom. The number of anilines is 1. The average Bonchev–Trinajstić information content (AvgIpc) is 2.74. The van der Waals surface area contributed by atoms with E-state index in [4.69, 9.17) is 4.74 Å². The van der Waals surface area contributed by atoms with Crippen molar-refractivity contribution in [2.45, 2.75) is 20.5 Å². The molecule has 0 atom stereocenters. The van der Waals surface area contributed by atoms with Gasteiger partial charge in [0.1, 0.15) is 29.8 Å². The summed E-state index contributed by atoms with van der Waals surface area (Å²) >= 11 is 2.11. The molecule has 3 aromatic rings. The van der Waals surface area contributed by atoms with Gasteiger partial charge in [-0.15, -0.1) is 0 Å². The molecule has 0 aliphatic rings. The number of amides is 1. The lowest BCUT2D eigenvalue weighted by atomic mass is 10.1. The third kappa shape index (κ3) is 5.92. The van der Waals surface area contributed by atoms with Crippen molar-refractivity contribution >= 4 is 40.3 Å². The predicted octanol–water partition coefficient (Wildman–Crippen LogP) is 6.17. The third-order valence-corrected chi connectivity index (χ3v) is 5.45.